The van der Waals surface area contributed by atoms with Gasteiger partial charge in [-0.05, 0) is 32.8 Å². The van der Waals surface area contributed by atoms with E-state index >= 15 is 0 Å². The molecule has 1 aromatic heterocycles. The molecule has 1 aliphatic rings. The third kappa shape index (κ3) is 4.11. The van der Waals surface area contributed by atoms with Crippen LogP contribution in [0.15, 0.2) is 17.2 Å². The van der Waals surface area contributed by atoms with E-state index in [9.17, 15) is 13.2 Å². The Kier molecular flexibility index (Phi) is 7.27. The molecule has 0 spiro atoms. The van der Waals surface area contributed by atoms with Crippen molar-refractivity contribution >= 4 is 28.4 Å². The van der Waals surface area contributed by atoms with Gasteiger partial charge in [0.25, 0.3) is 0 Å². The van der Waals surface area contributed by atoms with Crippen LogP contribution < -0.4 is 5.73 Å². The molecule has 1 aliphatic heterocycles. The smallest absolute Gasteiger partial charge is 0.354 e. The highest BCUT2D eigenvalue weighted by molar-refractivity contribution is 7.89. The molecule has 1 aromatic rings. The number of carbonyl (C=O) groups excluding carboxylic acids is 1. The third-order valence-corrected chi connectivity index (χ3v) is 6.07. The first-order valence-electron chi connectivity index (χ1n) is 7.90. The molecule has 0 saturated carbocycles. The van der Waals surface area contributed by atoms with Crippen molar-refractivity contribution in [3.8, 4) is 0 Å². The summed E-state index contributed by atoms with van der Waals surface area (Å²) >= 11 is 0. The molecule has 2 unspecified atom stereocenters. The SMILES string of the molecule is CCOC(=O)c1cc(S(=O)(=O)N2CCCCC2C(C)N)cn1C.Cl. The molecular weight excluding hydrogens is 354 g/mol. The van der Waals surface area contributed by atoms with E-state index in [1.165, 1.54) is 21.1 Å². The molecule has 2 heterocycles. The summed E-state index contributed by atoms with van der Waals surface area (Å²) in [6, 6.07) is 0.929. The minimum Gasteiger partial charge on any atom is -0.461 e. The highest BCUT2D eigenvalue weighted by Crippen LogP contribution is 2.27. The number of carbonyl (C=O) groups is 1. The Balaban J connectivity index is 0.00000288. The number of esters is 1. The molecule has 2 rings (SSSR count). The molecule has 138 valence electrons. The fourth-order valence-corrected chi connectivity index (χ4v) is 4.82. The lowest BCUT2D eigenvalue weighted by Crippen LogP contribution is -2.51. The lowest BCUT2D eigenvalue weighted by Gasteiger charge is -2.36. The Morgan fingerprint density at radius 3 is 2.71 bits per heavy atom. The second-order valence-corrected chi connectivity index (χ2v) is 7.82. The number of rotatable bonds is 5. The van der Waals surface area contributed by atoms with Crippen molar-refractivity contribution in [3.05, 3.63) is 18.0 Å². The van der Waals surface area contributed by atoms with Crippen LogP contribution in [-0.2, 0) is 21.8 Å². The number of aryl methyl sites for hydroxylation is 1. The van der Waals surface area contributed by atoms with E-state index in [-0.39, 0.29) is 41.7 Å². The van der Waals surface area contributed by atoms with Gasteiger partial charge in [0.05, 0.1) is 6.61 Å². The summed E-state index contributed by atoms with van der Waals surface area (Å²) in [6.07, 6.45) is 4.00. The molecule has 2 atom stereocenters. The Hall–Kier alpha value is -1.09. The summed E-state index contributed by atoms with van der Waals surface area (Å²) in [7, 11) is -2.05. The van der Waals surface area contributed by atoms with Crippen LogP contribution in [0.2, 0.25) is 0 Å². The van der Waals surface area contributed by atoms with E-state index in [1.54, 1.807) is 14.0 Å². The summed E-state index contributed by atoms with van der Waals surface area (Å²) in [5, 5.41) is 0. The summed E-state index contributed by atoms with van der Waals surface area (Å²) in [6.45, 7) is 4.23. The number of nitrogens with two attached hydrogens (primary N) is 1. The van der Waals surface area contributed by atoms with Gasteiger partial charge in [0.1, 0.15) is 10.6 Å². The Labute approximate surface area is 149 Å². The predicted octanol–water partition coefficient (Wildman–Crippen LogP) is 1.51. The van der Waals surface area contributed by atoms with Crippen molar-refractivity contribution in [2.24, 2.45) is 12.8 Å². The average Bonchev–Trinajstić information content (AvgIpc) is 2.90. The van der Waals surface area contributed by atoms with Gasteiger partial charge in [0.2, 0.25) is 10.0 Å². The van der Waals surface area contributed by atoms with E-state index in [4.69, 9.17) is 10.5 Å². The van der Waals surface area contributed by atoms with Crippen molar-refractivity contribution < 1.29 is 17.9 Å². The van der Waals surface area contributed by atoms with Crippen molar-refractivity contribution in [2.45, 2.75) is 50.1 Å². The number of sulfonamides is 1. The molecular formula is C15H26ClN3O4S. The van der Waals surface area contributed by atoms with E-state index in [2.05, 4.69) is 0 Å². The molecule has 0 amide bonds. The summed E-state index contributed by atoms with van der Waals surface area (Å²) < 4.78 is 33.8. The van der Waals surface area contributed by atoms with Gasteiger partial charge in [-0.15, -0.1) is 12.4 Å². The fraction of sp³-hybridized carbons (Fsp3) is 0.667. The van der Waals surface area contributed by atoms with E-state index in [1.807, 2.05) is 6.92 Å². The number of hydrogen-bond donors (Lipinski definition) is 1. The Morgan fingerprint density at radius 2 is 2.12 bits per heavy atom. The van der Waals surface area contributed by atoms with E-state index in [0.29, 0.717) is 6.54 Å². The summed E-state index contributed by atoms with van der Waals surface area (Å²) in [5.41, 5.74) is 6.19. The van der Waals surface area contributed by atoms with Crippen LogP contribution >= 0.6 is 12.4 Å². The van der Waals surface area contributed by atoms with Gasteiger partial charge in [0.15, 0.2) is 0 Å². The molecule has 2 N–H and O–H groups in total. The summed E-state index contributed by atoms with van der Waals surface area (Å²) in [5.74, 6) is -0.529. The highest BCUT2D eigenvalue weighted by atomic mass is 35.5. The maximum atomic E-state index is 13.0. The van der Waals surface area contributed by atoms with E-state index in [0.717, 1.165) is 19.3 Å². The first kappa shape index (κ1) is 21.0. The molecule has 0 radical (unpaired) electrons. The van der Waals surface area contributed by atoms with Gasteiger partial charge >= 0.3 is 5.97 Å². The van der Waals surface area contributed by atoms with Crippen LogP contribution in [0.5, 0.6) is 0 Å². The lowest BCUT2D eigenvalue weighted by molar-refractivity contribution is 0.0515. The highest BCUT2D eigenvalue weighted by Gasteiger charge is 2.36. The number of piperidine rings is 1. The number of halogens is 1. The number of nitrogens with zero attached hydrogens (tertiary/aromatic N) is 2. The topological polar surface area (TPSA) is 94.6 Å². The van der Waals surface area contributed by atoms with Gasteiger partial charge < -0.3 is 15.0 Å². The number of hydrogen-bond acceptors (Lipinski definition) is 5. The first-order chi connectivity index (χ1) is 10.8. The molecule has 1 saturated heterocycles. The predicted molar refractivity (Wildman–Crippen MR) is 93.8 cm³/mol. The van der Waals surface area contributed by atoms with Crippen molar-refractivity contribution in [1.82, 2.24) is 8.87 Å². The quantitative estimate of drug-likeness (QED) is 0.782. The molecule has 9 heteroatoms. The largest absolute Gasteiger partial charge is 0.461 e. The monoisotopic (exact) mass is 379 g/mol. The van der Waals surface area contributed by atoms with Crippen LogP contribution in [-0.4, -0.2) is 48.5 Å². The van der Waals surface area contributed by atoms with Crippen molar-refractivity contribution in [3.63, 3.8) is 0 Å². The molecule has 0 aromatic carbocycles. The van der Waals surface area contributed by atoms with Crippen LogP contribution in [0, 0.1) is 0 Å². The lowest BCUT2D eigenvalue weighted by atomic mass is 10.00. The second kappa shape index (κ2) is 8.33. The summed E-state index contributed by atoms with van der Waals surface area (Å²) in [4.78, 5) is 12.0. The minimum atomic E-state index is -3.68. The van der Waals surface area contributed by atoms with Crippen molar-refractivity contribution in [2.75, 3.05) is 13.2 Å². The van der Waals surface area contributed by atoms with Crippen molar-refractivity contribution in [1.29, 1.82) is 0 Å². The van der Waals surface area contributed by atoms with Gasteiger partial charge in [-0.2, -0.15) is 4.31 Å². The third-order valence-electron chi connectivity index (χ3n) is 4.18. The Bertz CT molecular complexity index is 672. The molecule has 0 aliphatic carbocycles. The van der Waals surface area contributed by atoms with Gasteiger partial charge in [0, 0.05) is 31.9 Å². The van der Waals surface area contributed by atoms with Gasteiger partial charge in [-0.1, -0.05) is 6.42 Å². The number of ether oxygens (including phenoxy) is 1. The minimum absolute atomic E-state index is 0. The first-order valence-corrected chi connectivity index (χ1v) is 9.34. The van der Waals surface area contributed by atoms with Crippen LogP contribution in [0.4, 0.5) is 0 Å². The van der Waals surface area contributed by atoms with Gasteiger partial charge in [-0.25, -0.2) is 13.2 Å². The Morgan fingerprint density at radius 1 is 1.46 bits per heavy atom. The van der Waals surface area contributed by atoms with Crippen LogP contribution in [0.3, 0.4) is 0 Å². The van der Waals surface area contributed by atoms with E-state index < -0.39 is 16.0 Å². The normalized spacial score (nSPS) is 20.2. The maximum Gasteiger partial charge on any atom is 0.354 e. The average molecular weight is 380 g/mol. The maximum absolute atomic E-state index is 13.0. The number of aromatic nitrogens is 1. The second-order valence-electron chi connectivity index (χ2n) is 5.93. The van der Waals surface area contributed by atoms with Crippen LogP contribution in [0.25, 0.3) is 0 Å². The zero-order chi connectivity index (χ0) is 17.2. The molecule has 1 fully saturated rings. The molecule has 7 nitrogen and oxygen atoms in total. The standard InChI is InChI=1S/C15H25N3O4S.ClH/c1-4-22-15(19)14-9-12(10-17(14)3)23(20,21)18-8-6-5-7-13(18)11(2)16;/h9-11,13H,4-8,16H2,1-3H3;1H. The fourth-order valence-electron chi connectivity index (χ4n) is 2.97. The zero-order valence-electron chi connectivity index (χ0n) is 14.3. The van der Waals surface area contributed by atoms with Gasteiger partial charge in [-0.3, -0.25) is 0 Å². The zero-order valence-corrected chi connectivity index (χ0v) is 15.9. The van der Waals surface area contributed by atoms with Crippen LogP contribution in [0.1, 0.15) is 43.6 Å². The molecule has 0 bridgehead atoms. The molecule has 24 heavy (non-hydrogen) atoms.